The van der Waals surface area contributed by atoms with Crippen molar-refractivity contribution in [3.63, 3.8) is 0 Å². The third-order valence-electron chi connectivity index (χ3n) is 3.89. The van der Waals surface area contributed by atoms with Gasteiger partial charge in [-0.1, -0.05) is 80.6 Å². The molecular weight excluding hydrogens is 384 g/mol. The van der Waals surface area contributed by atoms with E-state index in [1.54, 1.807) is 11.8 Å². The quantitative estimate of drug-likeness (QED) is 0.482. The molecule has 0 saturated heterocycles. The molecule has 0 saturated carbocycles. The molecule has 146 valence electrons. The summed E-state index contributed by atoms with van der Waals surface area (Å²) in [5, 5.41) is 13.8. The summed E-state index contributed by atoms with van der Waals surface area (Å²) in [5.41, 5.74) is 0.881. The van der Waals surface area contributed by atoms with Crippen molar-refractivity contribution in [3.8, 4) is 0 Å². The van der Waals surface area contributed by atoms with E-state index in [2.05, 4.69) is 20.8 Å². The molecule has 2 amide bonds. The minimum absolute atomic E-state index is 0.0633. The van der Waals surface area contributed by atoms with Crippen LogP contribution in [0, 0.1) is 5.92 Å². The molecule has 1 aromatic carbocycles. The Bertz CT molecular complexity index is 739. The van der Waals surface area contributed by atoms with Crippen molar-refractivity contribution < 1.29 is 14.3 Å². The molecule has 2 rings (SSSR count). The number of aromatic nitrogens is 2. The van der Waals surface area contributed by atoms with Crippen LogP contribution in [-0.4, -0.2) is 34.0 Å². The number of hydrogen-bond acceptors (Lipinski definition) is 7. The zero-order valence-electron chi connectivity index (χ0n) is 15.6. The highest BCUT2D eigenvalue weighted by Gasteiger charge is 2.27. The lowest BCUT2D eigenvalue weighted by atomic mass is 9.98. The molecule has 2 unspecified atom stereocenters. The largest absolute Gasteiger partial charge is 0.445 e. The van der Waals surface area contributed by atoms with Crippen molar-refractivity contribution in [2.75, 3.05) is 11.1 Å². The number of nitrogens with zero attached hydrogens (tertiary/aromatic N) is 2. The average Bonchev–Trinajstić information content (AvgIpc) is 3.11. The topological polar surface area (TPSA) is 93.2 Å². The second-order valence-corrected chi connectivity index (χ2v) is 8.35. The molecule has 0 aliphatic rings. The predicted molar refractivity (Wildman–Crippen MR) is 108 cm³/mol. The molecule has 0 aliphatic heterocycles. The first-order valence-corrected chi connectivity index (χ1v) is 10.6. The lowest BCUT2D eigenvalue weighted by Crippen LogP contribution is -2.47. The van der Waals surface area contributed by atoms with E-state index in [4.69, 9.17) is 4.74 Å². The van der Waals surface area contributed by atoms with Crippen LogP contribution in [0.15, 0.2) is 34.7 Å². The Morgan fingerprint density at radius 1 is 1.22 bits per heavy atom. The number of carbonyl (C=O) groups is 2. The molecule has 2 N–H and O–H groups in total. The molecule has 2 aromatic rings. The first kappa shape index (κ1) is 21.2. The van der Waals surface area contributed by atoms with E-state index in [-0.39, 0.29) is 18.4 Å². The zero-order chi connectivity index (χ0) is 19.6. The van der Waals surface area contributed by atoms with Crippen LogP contribution in [0.5, 0.6) is 0 Å². The zero-order valence-corrected chi connectivity index (χ0v) is 17.2. The minimum atomic E-state index is -0.718. The van der Waals surface area contributed by atoms with Crippen molar-refractivity contribution in [1.82, 2.24) is 15.5 Å². The van der Waals surface area contributed by atoms with Gasteiger partial charge in [-0.3, -0.25) is 10.1 Å². The lowest BCUT2D eigenvalue weighted by Gasteiger charge is -2.22. The maximum atomic E-state index is 12.6. The van der Waals surface area contributed by atoms with Crippen molar-refractivity contribution in [3.05, 3.63) is 35.9 Å². The Morgan fingerprint density at radius 3 is 2.63 bits per heavy atom. The molecule has 27 heavy (non-hydrogen) atoms. The van der Waals surface area contributed by atoms with Gasteiger partial charge in [0.25, 0.3) is 0 Å². The predicted octanol–water partition coefficient (Wildman–Crippen LogP) is 3.93. The number of anilines is 1. The number of alkyl carbamates (subject to hydrolysis) is 1. The average molecular weight is 409 g/mol. The first-order valence-electron chi connectivity index (χ1n) is 8.77. The Labute approximate surface area is 167 Å². The summed E-state index contributed by atoms with van der Waals surface area (Å²) >= 11 is 2.88. The molecule has 7 nitrogen and oxygen atoms in total. The SMILES string of the molecule is CCSc1nnc(NC(=O)C(NC(=O)OCc2ccccc2)C(C)CC)s1. The summed E-state index contributed by atoms with van der Waals surface area (Å²) in [4.78, 5) is 24.8. The molecule has 0 spiro atoms. The van der Waals surface area contributed by atoms with Crippen LogP contribution in [0.1, 0.15) is 32.8 Å². The van der Waals surface area contributed by atoms with Gasteiger partial charge >= 0.3 is 6.09 Å². The van der Waals surface area contributed by atoms with E-state index >= 15 is 0 Å². The second-order valence-electron chi connectivity index (χ2n) is 5.86. The van der Waals surface area contributed by atoms with Gasteiger partial charge in [0.2, 0.25) is 11.0 Å². The fraction of sp³-hybridized carbons (Fsp3) is 0.444. The summed E-state index contributed by atoms with van der Waals surface area (Å²) in [6.07, 6.45) is 0.100. The van der Waals surface area contributed by atoms with E-state index in [0.717, 1.165) is 22.1 Å². The summed E-state index contributed by atoms with van der Waals surface area (Å²) in [6.45, 7) is 6.03. The van der Waals surface area contributed by atoms with E-state index in [0.29, 0.717) is 5.13 Å². The van der Waals surface area contributed by atoms with Gasteiger partial charge in [0, 0.05) is 0 Å². The van der Waals surface area contributed by atoms with E-state index in [9.17, 15) is 9.59 Å². The van der Waals surface area contributed by atoms with E-state index in [1.165, 1.54) is 11.3 Å². The highest BCUT2D eigenvalue weighted by atomic mass is 32.2. The highest BCUT2D eigenvalue weighted by Crippen LogP contribution is 2.25. The monoisotopic (exact) mass is 408 g/mol. The fourth-order valence-corrected chi connectivity index (χ4v) is 3.87. The summed E-state index contributed by atoms with van der Waals surface area (Å²) in [5.74, 6) is 0.490. The summed E-state index contributed by atoms with van der Waals surface area (Å²) in [6, 6.07) is 8.66. The van der Waals surface area contributed by atoms with Gasteiger partial charge in [-0.05, 0) is 17.2 Å². The number of ether oxygens (including phenoxy) is 1. The van der Waals surface area contributed by atoms with Crippen LogP contribution in [0.25, 0.3) is 0 Å². The first-order chi connectivity index (χ1) is 13.0. The number of carbonyl (C=O) groups excluding carboxylic acids is 2. The third-order valence-corrected chi connectivity index (χ3v) is 5.74. The number of nitrogens with one attached hydrogen (secondary N) is 2. The van der Waals surface area contributed by atoms with Gasteiger partial charge in [-0.15, -0.1) is 10.2 Å². The molecule has 0 bridgehead atoms. The highest BCUT2D eigenvalue weighted by molar-refractivity contribution is 8.01. The van der Waals surface area contributed by atoms with Crippen LogP contribution in [-0.2, 0) is 16.1 Å². The molecule has 0 fully saturated rings. The second kappa shape index (κ2) is 10.9. The van der Waals surface area contributed by atoms with Crippen LogP contribution < -0.4 is 10.6 Å². The van der Waals surface area contributed by atoms with Gasteiger partial charge in [0.1, 0.15) is 12.6 Å². The summed E-state index contributed by atoms with van der Waals surface area (Å²) in [7, 11) is 0. The molecule has 1 heterocycles. The minimum Gasteiger partial charge on any atom is -0.445 e. The Balaban J connectivity index is 1.94. The third kappa shape index (κ3) is 6.84. The molecule has 0 aliphatic carbocycles. The maximum absolute atomic E-state index is 12.6. The van der Waals surface area contributed by atoms with Crippen molar-refractivity contribution in [2.24, 2.45) is 5.92 Å². The van der Waals surface area contributed by atoms with Crippen LogP contribution in [0.4, 0.5) is 9.93 Å². The van der Waals surface area contributed by atoms with E-state index < -0.39 is 12.1 Å². The molecule has 0 radical (unpaired) electrons. The van der Waals surface area contributed by atoms with Crippen molar-refractivity contribution in [2.45, 2.75) is 44.2 Å². The van der Waals surface area contributed by atoms with Crippen LogP contribution in [0.2, 0.25) is 0 Å². The fourth-order valence-electron chi connectivity index (χ4n) is 2.22. The Morgan fingerprint density at radius 2 is 1.96 bits per heavy atom. The number of rotatable bonds is 9. The Hall–Kier alpha value is -2.13. The van der Waals surface area contributed by atoms with E-state index in [1.807, 2.05) is 51.1 Å². The lowest BCUT2D eigenvalue weighted by molar-refractivity contribution is -0.119. The van der Waals surface area contributed by atoms with Crippen LogP contribution >= 0.6 is 23.1 Å². The molecule has 9 heteroatoms. The van der Waals surface area contributed by atoms with Crippen LogP contribution in [0.3, 0.4) is 0 Å². The Kier molecular flexibility index (Phi) is 8.53. The van der Waals surface area contributed by atoms with Crippen molar-refractivity contribution >= 4 is 40.2 Å². The molecule has 2 atom stereocenters. The van der Waals surface area contributed by atoms with Gasteiger partial charge in [-0.25, -0.2) is 4.79 Å². The number of amides is 2. The van der Waals surface area contributed by atoms with Gasteiger partial charge in [-0.2, -0.15) is 0 Å². The summed E-state index contributed by atoms with van der Waals surface area (Å²) < 4.78 is 6.03. The molecular formula is C18H24N4O3S2. The molecule has 1 aromatic heterocycles. The normalized spacial score (nSPS) is 12.9. The van der Waals surface area contributed by atoms with Gasteiger partial charge < -0.3 is 10.1 Å². The number of benzene rings is 1. The standard InChI is InChI=1S/C18H24N4O3S2/c1-4-12(3)14(15(23)20-16-21-22-18(27-16)26-5-2)19-17(24)25-11-13-9-7-6-8-10-13/h6-10,12,14H,4-5,11H2,1-3H3,(H,19,24)(H,20,21,23). The maximum Gasteiger partial charge on any atom is 0.408 e. The number of hydrogen-bond donors (Lipinski definition) is 2. The van der Waals surface area contributed by atoms with Gasteiger partial charge in [0.05, 0.1) is 0 Å². The van der Waals surface area contributed by atoms with Crippen molar-refractivity contribution in [1.29, 1.82) is 0 Å². The smallest absolute Gasteiger partial charge is 0.408 e. The van der Waals surface area contributed by atoms with Gasteiger partial charge in [0.15, 0.2) is 4.34 Å². The number of thioether (sulfide) groups is 1.